The van der Waals surface area contributed by atoms with Gasteiger partial charge in [-0.25, -0.2) is 0 Å². The molecule has 1 amide bonds. The number of aryl methyl sites for hydroxylation is 2. The van der Waals surface area contributed by atoms with Crippen LogP contribution in [0.1, 0.15) is 40.7 Å². The molecule has 0 aliphatic carbocycles. The van der Waals surface area contributed by atoms with Crippen molar-refractivity contribution < 1.29 is 4.79 Å². The summed E-state index contributed by atoms with van der Waals surface area (Å²) in [5.74, 6) is 0.749. The highest BCUT2D eigenvalue weighted by molar-refractivity contribution is 5.94. The molecule has 3 heteroatoms. The maximum absolute atomic E-state index is 12.5. The maximum Gasteiger partial charge on any atom is 0.253 e. The first-order valence-corrected chi connectivity index (χ1v) is 7.18. The van der Waals surface area contributed by atoms with Crippen LogP contribution in [0.2, 0.25) is 0 Å². The molecule has 1 aliphatic heterocycles. The smallest absolute Gasteiger partial charge is 0.253 e. The average Bonchev–Trinajstić information content (AvgIpc) is 2.42. The van der Waals surface area contributed by atoms with Crippen LogP contribution in [0.5, 0.6) is 0 Å². The number of carbonyl (C=O) groups is 1. The Labute approximate surface area is 115 Å². The monoisotopic (exact) mass is 260 g/mol. The molecule has 104 valence electrons. The third kappa shape index (κ3) is 3.35. The number of hydrogen-bond acceptors (Lipinski definition) is 2. The molecular weight excluding hydrogens is 236 g/mol. The molecule has 0 spiro atoms. The van der Waals surface area contributed by atoms with Crippen LogP contribution in [0.25, 0.3) is 0 Å². The van der Waals surface area contributed by atoms with Gasteiger partial charge < -0.3 is 10.6 Å². The molecule has 1 atom stereocenters. The lowest BCUT2D eigenvalue weighted by atomic mass is 9.94. The van der Waals surface area contributed by atoms with Crippen LogP contribution in [-0.2, 0) is 0 Å². The summed E-state index contributed by atoms with van der Waals surface area (Å²) in [6, 6.07) is 5.98. The van der Waals surface area contributed by atoms with Crippen LogP contribution in [0, 0.1) is 19.8 Å². The maximum atomic E-state index is 12.5. The first-order chi connectivity index (χ1) is 9.11. The summed E-state index contributed by atoms with van der Waals surface area (Å²) in [6.45, 7) is 6.59. The molecule has 0 saturated carbocycles. The number of likely N-dealkylation sites (tertiary alicyclic amines) is 1. The third-order valence-electron chi connectivity index (χ3n) is 4.13. The van der Waals surface area contributed by atoms with E-state index in [0.29, 0.717) is 5.92 Å². The van der Waals surface area contributed by atoms with Gasteiger partial charge in [-0.1, -0.05) is 6.07 Å². The molecule has 1 heterocycles. The molecule has 0 radical (unpaired) electrons. The van der Waals surface area contributed by atoms with E-state index in [1.165, 1.54) is 17.5 Å². The van der Waals surface area contributed by atoms with Crippen LogP contribution in [0.4, 0.5) is 0 Å². The van der Waals surface area contributed by atoms with Crippen molar-refractivity contribution >= 4 is 5.91 Å². The van der Waals surface area contributed by atoms with E-state index >= 15 is 0 Å². The number of nitrogens with zero attached hydrogens (tertiary/aromatic N) is 1. The summed E-state index contributed by atoms with van der Waals surface area (Å²) in [4.78, 5) is 14.5. The number of benzene rings is 1. The number of amides is 1. The Morgan fingerprint density at radius 3 is 2.84 bits per heavy atom. The van der Waals surface area contributed by atoms with Crippen molar-refractivity contribution in [3.8, 4) is 0 Å². The topological polar surface area (TPSA) is 46.3 Å². The molecule has 19 heavy (non-hydrogen) atoms. The number of piperidine rings is 1. The van der Waals surface area contributed by atoms with Crippen molar-refractivity contribution in [3.63, 3.8) is 0 Å². The summed E-state index contributed by atoms with van der Waals surface area (Å²) < 4.78 is 0. The zero-order valence-electron chi connectivity index (χ0n) is 12.0. The minimum Gasteiger partial charge on any atom is -0.338 e. The molecule has 2 rings (SSSR count). The van der Waals surface area contributed by atoms with Crippen LogP contribution in [-0.4, -0.2) is 30.4 Å². The highest BCUT2D eigenvalue weighted by Crippen LogP contribution is 2.21. The molecule has 1 aliphatic rings. The van der Waals surface area contributed by atoms with Crippen LogP contribution >= 0.6 is 0 Å². The molecule has 1 aromatic carbocycles. The second kappa shape index (κ2) is 6.20. The molecular formula is C16H24N2O. The van der Waals surface area contributed by atoms with E-state index in [0.717, 1.165) is 38.0 Å². The van der Waals surface area contributed by atoms with Gasteiger partial charge in [0.2, 0.25) is 0 Å². The molecule has 1 saturated heterocycles. The van der Waals surface area contributed by atoms with Gasteiger partial charge in [-0.15, -0.1) is 0 Å². The first kappa shape index (κ1) is 14.1. The molecule has 1 unspecified atom stereocenters. The van der Waals surface area contributed by atoms with E-state index in [1.54, 1.807) is 0 Å². The Kier molecular flexibility index (Phi) is 4.59. The van der Waals surface area contributed by atoms with Crippen molar-refractivity contribution in [2.75, 3.05) is 19.6 Å². The minimum absolute atomic E-state index is 0.171. The van der Waals surface area contributed by atoms with E-state index in [-0.39, 0.29) is 5.91 Å². The van der Waals surface area contributed by atoms with Crippen molar-refractivity contribution in [2.45, 2.75) is 33.1 Å². The van der Waals surface area contributed by atoms with Crippen LogP contribution < -0.4 is 5.73 Å². The summed E-state index contributed by atoms with van der Waals surface area (Å²) in [6.07, 6.45) is 3.33. The largest absolute Gasteiger partial charge is 0.338 e. The van der Waals surface area contributed by atoms with Gasteiger partial charge in [0.25, 0.3) is 5.91 Å². The second-order valence-electron chi connectivity index (χ2n) is 5.64. The van der Waals surface area contributed by atoms with Crippen molar-refractivity contribution in [1.82, 2.24) is 4.90 Å². The van der Waals surface area contributed by atoms with Crippen molar-refractivity contribution in [1.29, 1.82) is 0 Å². The molecule has 0 bridgehead atoms. The van der Waals surface area contributed by atoms with E-state index in [1.807, 2.05) is 23.1 Å². The standard InChI is InChI=1S/C16H24N2O/c1-12-5-6-15(10-13(12)2)16(19)18-9-3-4-14(11-18)7-8-17/h5-6,10,14H,3-4,7-9,11,17H2,1-2H3. The molecule has 1 aromatic rings. The van der Waals surface area contributed by atoms with Gasteiger partial charge in [-0.2, -0.15) is 0 Å². The zero-order chi connectivity index (χ0) is 13.8. The Balaban J connectivity index is 2.08. The summed E-state index contributed by atoms with van der Waals surface area (Å²) >= 11 is 0. The number of hydrogen-bond donors (Lipinski definition) is 1. The normalized spacial score (nSPS) is 19.5. The average molecular weight is 260 g/mol. The lowest BCUT2D eigenvalue weighted by molar-refractivity contribution is 0.0669. The minimum atomic E-state index is 0.171. The second-order valence-corrected chi connectivity index (χ2v) is 5.64. The first-order valence-electron chi connectivity index (χ1n) is 7.18. The zero-order valence-corrected chi connectivity index (χ0v) is 12.0. The molecule has 0 aromatic heterocycles. The molecule has 2 N–H and O–H groups in total. The summed E-state index contributed by atoms with van der Waals surface area (Å²) in [5, 5.41) is 0. The lowest BCUT2D eigenvalue weighted by Crippen LogP contribution is -2.40. The Hall–Kier alpha value is -1.35. The Morgan fingerprint density at radius 1 is 1.37 bits per heavy atom. The van der Waals surface area contributed by atoms with Gasteiger partial charge in [0.1, 0.15) is 0 Å². The quantitative estimate of drug-likeness (QED) is 0.907. The molecule has 1 fully saturated rings. The predicted octanol–water partition coefficient (Wildman–Crippen LogP) is 2.50. The highest BCUT2D eigenvalue weighted by Gasteiger charge is 2.24. The Bertz CT molecular complexity index is 454. The van der Waals surface area contributed by atoms with E-state index in [2.05, 4.69) is 13.8 Å². The fourth-order valence-electron chi connectivity index (χ4n) is 2.78. The van der Waals surface area contributed by atoms with Gasteiger partial charge in [0.05, 0.1) is 0 Å². The van der Waals surface area contributed by atoms with Crippen LogP contribution in [0.3, 0.4) is 0 Å². The summed E-state index contributed by atoms with van der Waals surface area (Å²) in [7, 11) is 0. The van der Waals surface area contributed by atoms with Gasteiger partial charge >= 0.3 is 0 Å². The van der Waals surface area contributed by atoms with Gasteiger partial charge in [0.15, 0.2) is 0 Å². The molecule has 3 nitrogen and oxygen atoms in total. The van der Waals surface area contributed by atoms with Gasteiger partial charge in [-0.05, 0) is 68.8 Å². The van der Waals surface area contributed by atoms with E-state index < -0.39 is 0 Å². The SMILES string of the molecule is Cc1ccc(C(=O)N2CCCC(CCN)C2)cc1C. The lowest BCUT2D eigenvalue weighted by Gasteiger charge is -2.32. The fourth-order valence-corrected chi connectivity index (χ4v) is 2.78. The number of carbonyl (C=O) groups excluding carboxylic acids is 1. The van der Waals surface area contributed by atoms with Crippen molar-refractivity contribution in [2.24, 2.45) is 11.7 Å². The highest BCUT2D eigenvalue weighted by atomic mass is 16.2. The van der Waals surface area contributed by atoms with Crippen LogP contribution in [0.15, 0.2) is 18.2 Å². The van der Waals surface area contributed by atoms with E-state index in [4.69, 9.17) is 5.73 Å². The fraction of sp³-hybridized carbons (Fsp3) is 0.562. The van der Waals surface area contributed by atoms with Crippen molar-refractivity contribution in [3.05, 3.63) is 34.9 Å². The van der Waals surface area contributed by atoms with Gasteiger partial charge in [-0.3, -0.25) is 4.79 Å². The van der Waals surface area contributed by atoms with E-state index in [9.17, 15) is 4.79 Å². The number of nitrogens with two attached hydrogens (primary N) is 1. The van der Waals surface area contributed by atoms with Gasteiger partial charge in [0, 0.05) is 18.7 Å². The number of rotatable bonds is 3. The predicted molar refractivity (Wildman–Crippen MR) is 78.2 cm³/mol. The third-order valence-corrected chi connectivity index (χ3v) is 4.13. The Morgan fingerprint density at radius 2 is 2.16 bits per heavy atom. The summed E-state index contributed by atoms with van der Waals surface area (Å²) in [5.41, 5.74) is 8.86.